The van der Waals surface area contributed by atoms with Gasteiger partial charge < -0.3 is 10.1 Å². The van der Waals surface area contributed by atoms with E-state index in [9.17, 15) is 4.79 Å². The van der Waals surface area contributed by atoms with E-state index in [0.29, 0.717) is 25.1 Å². The predicted molar refractivity (Wildman–Crippen MR) is 84.1 cm³/mol. The number of hydrogen-bond donors (Lipinski definition) is 1. The molecule has 1 N–H and O–H groups in total. The lowest BCUT2D eigenvalue weighted by atomic mass is 9.78. The summed E-state index contributed by atoms with van der Waals surface area (Å²) in [7, 11) is 0. The summed E-state index contributed by atoms with van der Waals surface area (Å²) in [6.07, 6.45) is 6.46. The largest absolute Gasteiger partial charge is 0.466 e. The topological polar surface area (TPSA) is 50.7 Å². The number of carbonyl (C=O) groups excluding carboxylic acids is 1. The van der Waals surface area contributed by atoms with Crippen LogP contribution in [0.2, 0.25) is 0 Å². The Balaban J connectivity index is 1.72. The number of nitrogens with zero attached hydrogens (tertiary/aromatic N) is 1. The fourth-order valence-corrected chi connectivity index (χ4v) is 4.35. The van der Waals surface area contributed by atoms with Gasteiger partial charge >= 0.3 is 5.97 Å². The Morgan fingerprint density at radius 3 is 3.20 bits per heavy atom. The lowest BCUT2D eigenvalue weighted by Crippen LogP contribution is -2.47. The van der Waals surface area contributed by atoms with Gasteiger partial charge in [0.05, 0.1) is 6.61 Å². The molecule has 1 aliphatic heterocycles. The molecule has 1 heterocycles. The van der Waals surface area contributed by atoms with Gasteiger partial charge in [-0.05, 0) is 32.1 Å². The molecule has 2 unspecified atom stereocenters. The molecule has 2 rings (SSSR count). The molecule has 0 amide bonds. The van der Waals surface area contributed by atoms with Crippen LogP contribution >= 0.6 is 11.8 Å². The Labute approximate surface area is 126 Å². The molecular weight excluding hydrogens is 272 g/mol. The maximum Gasteiger partial charge on any atom is 0.305 e. The zero-order chi connectivity index (χ0) is 14.4. The van der Waals surface area contributed by atoms with Gasteiger partial charge in [-0.25, -0.2) is 0 Å². The number of ether oxygens (including phenoxy) is 1. The van der Waals surface area contributed by atoms with Crippen LogP contribution in [0.5, 0.6) is 0 Å². The Kier molecular flexibility index (Phi) is 5.75. The first kappa shape index (κ1) is 15.7. The molecule has 1 aliphatic carbocycles. The number of amidine groups is 1. The van der Waals surface area contributed by atoms with Gasteiger partial charge in [0, 0.05) is 24.3 Å². The van der Waals surface area contributed by atoms with Gasteiger partial charge in [0.2, 0.25) is 0 Å². The molecular formula is C15H26N2O2S. The van der Waals surface area contributed by atoms with Crippen molar-refractivity contribution in [1.82, 2.24) is 5.32 Å². The fraction of sp³-hybridized carbons (Fsp3) is 0.867. The summed E-state index contributed by atoms with van der Waals surface area (Å²) in [5.74, 6) is 1.85. The predicted octanol–water partition coefficient (Wildman–Crippen LogP) is 2.97. The third kappa shape index (κ3) is 4.40. The summed E-state index contributed by atoms with van der Waals surface area (Å²) in [4.78, 5) is 15.8. The molecule has 1 saturated carbocycles. The van der Waals surface area contributed by atoms with Crippen molar-refractivity contribution in [3.63, 3.8) is 0 Å². The van der Waals surface area contributed by atoms with Crippen molar-refractivity contribution >= 4 is 22.9 Å². The molecule has 2 fully saturated rings. The molecule has 0 aromatic heterocycles. The standard InChI is InChI=1S/C15H26N2O2S/c1-3-19-13(18)7-5-9-16-14-17-15(11-20-14)8-4-6-12(2)10-15/h12H,3-11H2,1-2H3,(H,16,17). The first-order valence-corrected chi connectivity index (χ1v) is 8.73. The van der Waals surface area contributed by atoms with Crippen molar-refractivity contribution in [1.29, 1.82) is 0 Å². The Hall–Kier alpha value is -0.710. The molecule has 0 bridgehead atoms. The SMILES string of the molecule is CCOC(=O)CCCN=C1NC2(CCCC(C)C2)CS1. The summed E-state index contributed by atoms with van der Waals surface area (Å²) in [5, 5.41) is 4.72. The maximum atomic E-state index is 11.2. The Morgan fingerprint density at radius 1 is 1.60 bits per heavy atom. The molecule has 0 radical (unpaired) electrons. The molecule has 0 aromatic rings. The van der Waals surface area contributed by atoms with Crippen LogP contribution in [-0.4, -0.2) is 35.6 Å². The quantitative estimate of drug-likeness (QED) is 0.626. The average molecular weight is 298 g/mol. The lowest BCUT2D eigenvalue weighted by molar-refractivity contribution is -0.143. The number of hydrogen-bond acceptors (Lipinski definition) is 4. The van der Waals surface area contributed by atoms with Crippen molar-refractivity contribution in [3.05, 3.63) is 0 Å². The van der Waals surface area contributed by atoms with Crippen molar-refractivity contribution in [2.45, 2.75) is 57.9 Å². The molecule has 4 nitrogen and oxygen atoms in total. The van der Waals surface area contributed by atoms with Crippen molar-refractivity contribution in [2.75, 3.05) is 18.9 Å². The number of nitrogens with one attached hydrogen (secondary N) is 1. The van der Waals surface area contributed by atoms with Crippen LogP contribution in [0.3, 0.4) is 0 Å². The molecule has 2 aliphatic rings. The number of rotatable bonds is 5. The van der Waals surface area contributed by atoms with Crippen LogP contribution in [0.4, 0.5) is 0 Å². The monoisotopic (exact) mass is 298 g/mol. The summed E-state index contributed by atoms with van der Waals surface area (Å²) in [5.41, 5.74) is 0.294. The second-order valence-corrected chi connectivity index (χ2v) is 6.96. The van der Waals surface area contributed by atoms with Crippen LogP contribution < -0.4 is 5.32 Å². The van der Waals surface area contributed by atoms with E-state index in [1.54, 1.807) is 0 Å². The second-order valence-electron chi connectivity index (χ2n) is 5.99. The fourth-order valence-electron chi connectivity index (χ4n) is 3.13. The molecule has 0 aromatic carbocycles. The average Bonchev–Trinajstić information content (AvgIpc) is 2.78. The second kappa shape index (κ2) is 7.34. The van der Waals surface area contributed by atoms with E-state index < -0.39 is 0 Å². The number of aliphatic imine (C=N–C) groups is 1. The summed E-state index contributed by atoms with van der Waals surface area (Å²) in [6, 6.07) is 0. The van der Waals surface area contributed by atoms with Gasteiger partial charge in [0.1, 0.15) is 0 Å². The number of thioether (sulfide) groups is 1. The summed E-state index contributed by atoms with van der Waals surface area (Å²) >= 11 is 1.84. The minimum absolute atomic E-state index is 0.114. The van der Waals surface area contributed by atoms with Gasteiger partial charge in [-0.15, -0.1) is 0 Å². The van der Waals surface area contributed by atoms with Crippen LogP contribution in [0, 0.1) is 5.92 Å². The van der Waals surface area contributed by atoms with E-state index in [1.807, 2.05) is 18.7 Å². The van der Waals surface area contributed by atoms with Crippen molar-refractivity contribution < 1.29 is 9.53 Å². The Morgan fingerprint density at radius 2 is 2.45 bits per heavy atom. The third-order valence-electron chi connectivity index (χ3n) is 4.05. The van der Waals surface area contributed by atoms with Crippen molar-refractivity contribution in [2.24, 2.45) is 10.9 Å². The lowest BCUT2D eigenvalue weighted by Gasteiger charge is -2.36. The van der Waals surface area contributed by atoms with E-state index in [-0.39, 0.29) is 5.97 Å². The summed E-state index contributed by atoms with van der Waals surface area (Å²) in [6.45, 7) is 5.36. The molecule has 1 spiro atoms. The van der Waals surface area contributed by atoms with Gasteiger partial charge in [-0.3, -0.25) is 9.79 Å². The zero-order valence-electron chi connectivity index (χ0n) is 12.6. The molecule has 114 valence electrons. The van der Waals surface area contributed by atoms with Gasteiger partial charge in [0.15, 0.2) is 5.17 Å². The molecule has 2 atom stereocenters. The molecule has 20 heavy (non-hydrogen) atoms. The highest BCUT2D eigenvalue weighted by atomic mass is 32.2. The van der Waals surface area contributed by atoms with Gasteiger partial charge in [0.25, 0.3) is 0 Å². The van der Waals surface area contributed by atoms with Crippen LogP contribution in [0.25, 0.3) is 0 Å². The smallest absolute Gasteiger partial charge is 0.305 e. The minimum atomic E-state index is -0.114. The highest BCUT2D eigenvalue weighted by Crippen LogP contribution is 2.38. The normalized spacial score (nSPS) is 31.5. The maximum absolute atomic E-state index is 11.2. The van der Waals surface area contributed by atoms with Crippen LogP contribution in [0.1, 0.15) is 52.4 Å². The zero-order valence-corrected chi connectivity index (χ0v) is 13.4. The van der Waals surface area contributed by atoms with Crippen LogP contribution in [-0.2, 0) is 9.53 Å². The van der Waals surface area contributed by atoms with Crippen molar-refractivity contribution in [3.8, 4) is 0 Å². The number of esters is 1. The van der Waals surface area contributed by atoms with E-state index in [2.05, 4.69) is 17.2 Å². The first-order chi connectivity index (χ1) is 9.63. The summed E-state index contributed by atoms with van der Waals surface area (Å²) < 4.78 is 4.91. The van der Waals surface area contributed by atoms with Gasteiger partial charge in [-0.1, -0.05) is 31.5 Å². The molecule has 5 heteroatoms. The third-order valence-corrected chi connectivity index (χ3v) is 5.25. The minimum Gasteiger partial charge on any atom is -0.466 e. The molecule has 1 saturated heterocycles. The first-order valence-electron chi connectivity index (χ1n) is 7.74. The van der Waals surface area contributed by atoms with E-state index in [0.717, 1.165) is 23.3 Å². The van der Waals surface area contributed by atoms with E-state index in [1.165, 1.54) is 25.7 Å². The van der Waals surface area contributed by atoms with E-state index in [4.69, 9.17) is 4.74 Å². The Bertz CT molecular complexity index is 373. The highest BCUT2D eigenvalue weighted by Gasteiger charge is 2.40. The van der Waals surface area contributed by atoms with Gasteiger partial charge in [-0.2, -0.15) is 0 Å². The highest BCUT2D eigenvalue weighted by molar-refractivity contribution is 8.14. The number of carbonyl (C=O) groups is 1. The van der Waals surface area contributed by atoms with Crippen LogP contribution in [0.15, 0.2) is 4.99 Å². The van der Waals surface area contributed by atoms with E-state index >= 15 is 0 Å².